The molecule has 6 heteroatoms. The first-order chi connectivity index (χ1) is 11.4. The van der Waals surface area contributed by atoms with Crippen molar-refractivity contribution < 1.29 is 14.7 Å². The van der Waals surface area contributed by atoms with Crippen LogP contribution in [0.15, 0.2) is 6.20 Å². The minimum Gasteiger partial charge on any atom is -0.481 e. The minimum atomic E-state index is -0.752. The van der Waals surface area contributed by atoms with Crippen LogP contribution in [0.1, 0.15) is 74.5 Å². The third-order valence-electron chi connectivity index (χ3n) is 5.55. The first kappa shape index (κ1) is 17.0. The molecule has 1 saturated heterocycles. The van der Waals surface area contributed by atoms with Gasteiger partial charge in [-0.15, -0.1) is 0 Å². The molecule has 1 saturated carbocycles. The number of rotatable bonds is 5. The Kier molecular flexibility index (Phi) is 4.65. The van der Waals surface area contributed by atoms with Gasteiger partial charge >= 0.3 is 5.97 Å². The summed E-state index contributed by atoms with van der Waals surface area (Å²) >= 11 is 0. The van der Waals surface area contributed by atoms with Crippen molar-refractivity contribution in [2.45, 2.75) is 58.4 Å². The van der Waals surface area contributed by atoms with E-state index in [-0.39, 0.29) is 17.7 Å². The topological polar surface area (TPSA) is 75.4 Å². The molecule has 132 valence electrons. The molecule has 3 unspecified atom stereocenters. The van der Waals surface area contributed by atoms with Crippen molar-refractivity contribution in [1.82, 2.24) is 14.7 Å². The molecule has 6 nitrogen and oxygen atoms in total. The lowest BCUT2D eigenvalue weighted by Crippen LogP contribution is -2.45. The van der Waals surface area contributed by atoms with Gasteiger partial charge in [0.15, 0.2) is 0 Å². The number of hydrogen-bond donors (Lipinski definition) is 1. The molecule has 1 aliphatic carbocycles. The zero-order valence-corrected chi connectivity index (χ0v) is 14.7. The second kappa shape index (κ2) is 6.57. The standard InChI is InChI=1S/C18H27N3O3/c1-4-12(3)21-16(13-5-6-13)15(9-19-21)17(22)20-8-7-14(18(23)24)11(2)10-20/h9,11-14H,4-8,10H2,1-3H3,(H,23,24). The predicted molar refractivity (Wildman–Crippen MR) is 90.0 cm³/mol. The molecule has 0 bridgehead atoms. The van der Waals surface area contributed by atoms with Crippen molar-refractivity contribution in [3.05, 3.63) is 17.5 Å². The summed E-state index contributed by atoms with van der Waals surface area (Å²) in [6.07, 6.45) is 5.48. The molecule has 2 fully saturated rings. The van der Waals surface area contributed by atoms with Gasteiger partial charge in [-0.3, -0.25) is 14.3 Å². The van der Waals surface area contributed by atoms with Gasteiger partial charge in [0.2, 0.25) is 0 Å². The summed E-state index contributed by atoms with van der Waals surface area (Å²) in [5.74, 6) is -0.650. The molecule has 1 N–H and O–H groups in total. The van der Waals surface area contributed by atoms with Crippen LogP contribution in [0.4, 0.5) is 0 Å². The number of carbonyl (C=O) groups is 2. The number of carbonyl (C=O) groups excluding carboxylic acids is 1. The maximum Gasteiger partial charge on any atom is 0.306 e. The Bertz CT molecular complexity index is 635. The van der Waals surface area contributed by atoms with E-state index in [1.807, 2.05) is 16.5 Å². The first-order valence-corrected chi connectivity index (χ1v) is 9.03. The van der Waals surface area contributed by atoms with E-state index in [2.05, 4.69) is 18.9 Å². The van der Waals surface area contributed by atoms with Crippen LogP contribution in [-0.2, 0) is 4.79 Å². The minimum absolute atomic E-state index is 0.0159. The van der Waals surface area contributed by atoms with Gasteiger partial charge in [0.05, 0.1) is 23.4 Å². The van der Waals surface area contributed by atoms with Gasteiger partial charge in [0.25, 0.3) is 5.91 Å². The van der Waals surface area contributed by atoms with Crippen LogP contribution >= 0.6 is 0 Å². The number of carboxylic acid groups (broad SMARTS) is 1. The number of aliphatic carboxylic acids is 1. The quantitative estimate of drug-likeness (QED) is 0.899. The Morgan fingerprint density at radius 3 is 2.62 bits per heavy atom. The Labute approximate surface area is 142 Å². The zero-order chi connectivity index (χ0) is 17.4. The van der Waals surface area contributed by atoms with E-state index in [0.717, 1.165) is 30.5 Å². The summed E-state index contributed by atoms with van der Waals surface area (Å²) in [6, 6.07) is 0.291. The van der Waals surface area contributed by atoms with Gasteiger partial charge in [-0.05, 0) is 38.5 Å². The molecular formula is C18H27N3O3. The molecule has 1 aliphatic heterocycles. The molecule has 24 heavy (non-hydrogen) atoms. The monoisotopic (exact) mass is 333 g/mol. The van der Waals surface area contributed by atoms with Gasteiger partial charge < -0.3 is 10.0 Å². The van der Waals surface area contributed by atoms with Crippen molar-refractivity contribution >= 4 is 11.9 Å². The normalized spacial score (nSPS) is 25.5. The van der Waals surface area contributed by atoms with Crippen LogP contribution in [0.5, 0.6) is 0 Å². The number of likely N-dealkylation sites (tertiary alicyclic amines) is 1. The second-order valence-corrected chi connectivity index (χ2v) is 7.38. The van der Waals surface area contributed by atoms with E-state index in [0.29, 0.717) is 31.5 Å². The Hall–Kier alpha value is -1.85. The van der Waals surface area contributed by atoms with Crippen molar-refractivity contribution in [2.24, 2.45) is 11.8 Å². The SMILES string of the molecule is CCC(C)n1ncc(C(=O)N2CCC(C(=O)O)C(C)C2)c1C1CC1. The number of nitrogens with zero attached hydrogens (tertiary/aromatic N) is 3. The molecule has 0 spiro atoms. The summed E-state index contributed by atoms with van der Waals surface area (Å²) in [4.78, 5) is 26.1. The van der Waals surface area contributed by atoms with E-state index in [1.54, 1.807) is 6.20 Å². The van der Waals surface area contributed by atoms with E-state index < -0.39 is 5.97 Å². The fraction of sp³-hybridized carbons (Fsp3) is 0.722. The third kappa shape index (κ3) is 3.06. The summed E-state index contributed by atoms with van der Waals surface area (Å²) in [5, 5.41) is 13.8. The maximum atomic E-state index is 13.0. The van der Waals surface area contributed by atoms with Crippen molar-refractivity contribution in [2.75, 3.05) is 13.1 Å². The molecule has 1 aromatic heterocycles. The molecule has 1 aromatic rings. The third-order valence-corrected chi connectivity index (χ3v) is 5.55. The average molecular weight is 333 g/mol. The highest BCUT2D eigenvalue weighted by Crippen LogP contribution is 2.43. The maximum absolute atomic E-state index is 13.0. The van der Waals surface area contributed by atoms with Gasteiger partial charge in [-0.2, -0.15) is 5.10 Å². The van der Waals surface area contributed by atoms with Crippen LogP contribution < -0.4 is 0 Å². The molecule has 2 aliphatic rings. The molecule has 1 amide bonds. The number of amides is 1. The molecule has 3 rings (SSSR count). The van der Waals surface area contributed by atoms with Crippen molar-refractivity contribution in [3.63, 3.8) is 0 Å². The fourth-order valence-electron chi connectivity index (χ4n) is 3.69. The lowest BCUT2D eigenvalue weighted by atomic mass is 9.87. The van der Waals surface area contributed by atoms with Gasteiger partial charge in [-0.1, -0.05) is 13.8 Å². The first-order valence-electron chi connectivity index (χ1n) is 9.03. The highest BCUT2D eigenvalue weighted by atomic mass is 16.4. The molecule has 0 radical (unpaired) electrons. The number of aromatic nitrogens is 2. The number of carboxylic acids is 1. The smallest absolute Gasteiger partial charge is 0.306 e. The second-order valence-electron chi connectivity index (χ2n) is 7.38. The lowest BCUT2D eigenvalue weighted by Gasteiger charge is -2.35. The summed E-state index contributed by atoms with van der Waals surface area (Å²) in [5.41, 5.74) is 1.81. The van der Waals surface area contributed by atoms with Gasteiger partial charge in [-0.25, -0.2) is 0 Å². The van der Waals surface area contributed by atoms with Crippen LogP contribution in [0, 0.1) is 11.8 Å². The van der Waals surface area contributed by atoms with Crippen molar-refractivity contribution in [3.8, 4) is 0 Å². The molecular weight excluding hydrogens is 306 g/mol. The molecule has 3 atom stereocenters. The Balaban J connectivity index is 1.81. The molecule has 2 heterocycles. The summed E-state index contributed by atoms with van der Waals surface area (Å²) < 4.78 is 2.03. The lowest BCUT2D eigenvalue weighted by molar-refractivity contribution is -0.145. The van der Waals surface area contributed by atoms with E-state index in [9.17, 15) is 14.7 Å². The van der Waals surface area contributed by atoms with Crippen LogP contribution in [0.25, 0.3) is 0 Å². The van der Waals surface area contributed by atoms with Crippen LogP contribution in [-0.4, -0.2) is 44.8 Å². The Morgan fingerprint density at radius 2 is 2.08 bits per heavy atom. The number of hydrogen-bond acceptors (Lipinski definition) is 3. The van der Waals surface area contributed by atoms with Crippen molar-refractivity contribution in [1.29, 1.82) is 0 Å². The number of piperidine rings is 1. The van der Waals surface area contributed by atoms with E-state index in [4.69, 9.17) is 0 Å². The van der Waals surface area contributed by atoms with E-state index in [1.165, 1.54) is 0 Å². The summed E-state index contributed by atoms with van der Waals surface area (Å²) in [6.45, 7) is 7.20. The zero-order valence-electron chi connectivity index (χ0n) is 14.7. The summed E-state index contributed by atoms with van der Waals surface area (Å²) in [7, 11) is 0. The van der Waals surface area contributed by atoms with Gasteiger partial charge in [0, 0.05) is 25.0 Å². The van der Waals surface area contributed by atoms with Crippen LogP contribution in [0.3, 0.4) is 0 Å². The largest absolute Gasteiger partial charge is 0.481 e. The van der Waals surface area contributed by atoms with Crippen LogP contribution in [0.2, 0.25) is 0 Å². The Morgan fingerprint density at radius 1 is 1.38 bits per heavy atom. The van der Waals surface area contributed by atoms with E-state index >= 15 is 0 Å². The van der Waals surface area contributed by atoms with Gasteiger partial charge in [0.1, 0.15) is 0 Å². The molecule has 0 aromatic carbocycles. The highest BCUT2D eigenvalue weighted by Gasteiger charge is 2.37. The highest BCUT2D eigenvalue weighted by molar-refractivity contribution is 5.95. The predicted octanol–water partition coefficient (Wildman–Crippen LogP) is 2.91. The average Bonchev–Trinajstić information content (AvgIpc) is 3.31. The fourth-order valence-corrected chi connectivity index (χ4v) is 3.69.